The zero-order valence-electron chi connectivity index (χ0n) is 13.4. The first-order valence-electron chi connectivity index (χ1n) is 7.59. The molecule has 124 valence electrons. The van der Waals surface area contributed by atoms with Gasteiger partial charge in [0.15, 0.2) is 5.76 Å². The maximum Gasteiger partial charge on any atom is 0.252 e. The second kappa shape index (κ2) is 6.53. The molecule has 8 nitrogen and oxygen atoms in total. The highest BCUT2D eigenvalue weighted by Crippen LogP contribution is 2.24. The molecule has 0 aliphatic carbocycles. The van der Waals surface area contributed by atoms with Gasteiger partial charge in [-0.15, -0.1) is 0 Å². The van der Waals surface area contributed by atoms with Gasteiger partial charge in [-0.3, -0.25) is 14.6 Å². The fourth-order valence-corrected chi connectivity index (χ4v) is 2.27. The van der Waals surface area contributed by atoms with Crippen molar-refractivity contribution < 1.29 is 9.21 Å². The first-order valence-corrected chi connectivity index (χ1v) is 7.59. The summed E-state index contributed by atoms with van der Waals surface area (Å²) in [4.78, 5) is 30.6. The summed E-state index contributed by atoms with van der Waals surface area (Å²) in [5.74, 6) is 1.05. The fourth-order valence-electron chi connectivity index (χ4n) is 2.27. The number of nitrogens with zero attached hydrogens (tertiary/aromatic N) is 3. The third-order valence-electron chi connectivity index (χ3n) is 3.29. The van der Waals surface area contributed by atoms with Crippen LogP contribution in [0.15, 0.2) is 39.7 Å². The van der Waals surface area contributed by atoms with Gasteiger partial charge in [0.1, 0.15) is 11.5 Å². The summed E-state index contributed by atoms with van der Waals surface area (Å²) in [5, 5.41) is 7.18. The van der Waals surface area contributed by atoms with Crippen LogP contribution in [0.1, 0.15) is 25.5 Å². The molecule has 0 fully saturated rings. The molecule has 0 aromatic carbocycles. The number of aromatic amines is 1. The lowest BCUT2D eigenvalue weighted by Crippen LogP contribution is -2.18. The zero-order valence-corrected chi connectivity index (χ0v) is 13.4. The van der Waals surface area contributed by atoms with E-state index in [9.17, 15) is 9.59 Å². The quantitative estimate of drug-likeness (QED) is 0.747. The van der Waals surface area contributed by atoms with E-state index >= 15 is 0 Å². The van der Waals surface area contributed by atoms with Crippen LogP contribution >= 0.6 is 0 Å². The molecule has 8 heteroatoms. The van der Waals surface area contributed by atoms with E-state index in [-0.39, 0.29) is 17.4 Å². The molecule has 0 atom stereocenters. The van der Waals surface area contributed by atoms with Crippen molar-refractivity contribution in [2.75, 3.05) is 5.32 Å². The van der Waals surface area contributed by atoms with Crippen LogP contribution in [0.25, 0.3) is 17.4 Å². The smallest absolute Gasteiger partial charge is 0.252 e. The maximum absolute atomic E-state index is 12.0. The molecule has 0 saturated carbocycles. The normalized spacial score (nSPS) is 10.8. The van der Waals surface area contributed by atoms with E-state index in [4.69, 9.17) is 4.42 Å². The number of anilines is 1. The highest BCUT2D eigenvalue weighted by Gasteiger charge is 2.16. The molecular weight excluding hydrogens is 310 g/mol. The Morgan fingerprint density at radius 2 is 2.25 bits per heavy atom. The number of aryl methyl sites for hydroxylation is 1. The summed E-state index contributed by atoms with van der Waals surface area (Å²) in [6.45, 7) is 3.63. The number of carbonyl (C=O) groups is 1. The van der Waals surface area contributed by atoms with Crippen molar-refractivity contribution in [2.45, 2.75) is 26.7 Å². The lowest BCUT2D eigenvalue weighted by molar-refractivity contribution is -0.116. The second-order valence-corrected chi connectivity index (χ2v) is 5.31. The topological polar surface area (TPSA) is 106 Å². The van der Waals surface area contributed by atoms with E-state index in [1.54, 1.807) is 25.1 Å². The van der Waals surface area contributed by atoms with Gasteiger partial charge in [-0.1, -0.05) is 6.92 Å². The van der Waals surface area contributed by atoms with Crippen LogP contribution in [0.5, 0.6) is 0 Å². The molecule has 0 aliphatic heterocycles. The predicted molar refractivity (Wildman–Crippen MR) is 88.0 cm³/mol. The monoisotopic (exact) mass is 327 g/mol. The number of hydrogen-bond donors (Lipinski definition) is 2. The van der Waals surface area contributed by atoms with Crippen molar-refractivity contribution in [3.05, 3.63) is 46.6 Å². The van der Waals surface area contributed by atoms with Crippen molar-refractivity contribution in [2.24, 2.45) is 0 Å². The minimum atomic E-state index is -0.293. The van der Waals surface area contributed by atoms with E-state index in [1.165, 1.54) is 17.0 Å². The molecule has 0 spiro atoms. The minimum absolute atomic E-state index is 0.139. The van der Waals surface area contributed by atoms with Crippen LogP contribution < -0.4 is 10.9 Å². The van der Waals surface area contributed by atoms with E-state index in [2.05, 4.69) is 20.4 Å². The van der Waals surface area contributed by atoms with Gasteiger partial charge in [-0.25, -0.2) is 4.98 Å². The Hall–Kier alpha value is -3.16. The van der Waals surface area contributed by atoms with Gasteiger partial charge in [0, 0.05) is 24.2 Å². The molecule has 2 N–H and O–H groups in total. The van der Waals surface area contributed by atoms with Gasteiger partial charge < -0.3 is 9.73 Å². The lowest BCUT2D eigenvalue weighted by Gasteiger charge is -2.07. The van der Waals surface area contributed by atoms with Crippen molar-refractivity contribution in [3.63, 3.8) is 0 Å². The fraction of sp³-hybridized carbons (Fsp3) is 0.250. The number of hydrogen-bond acceptors (Lipinski definition) is 5. The molecule has 0 unspecified atom stereocenters. The average molecular weight is 327 g/mol. The third-order valence-corrected chi connectivity index (χ3v) is 3.29. The predicted octanol–water partition coefficient (Wildman–Crippen LogP) is 2.26. The van der Waals surface area contributed by atoms with Gasteiger partial charge in [-0.05, 0) is 25.5 Å². The largest absolute Gasteiger partial charge is 0.463 e. The van der Waals surface area contributed by atoms with Gasteiger partial charge in [0.05, 0.1) is 6.26 Å². The summed E-state index contributed by atoms with van der Waals surface area (Å²) < 4.78 is 6.73. The highest BCUT2D eigenvalue weighted by molar-refractivity contribution is 5.90. The van der Waals surface area contributed by atoms with Gasteiger partial charge >= 0.3 is 0 Å². The Bertz CT molecular complexity index is 908. The summed E-state index contributed by atoms with van der Waals surface area (Å²) >= 11 is 0. The molecule has 3 aromatic heterocycles. The molecule has 0 bridgehead atoms. The number of aromatic nitrogens is 4. The Labute approximate surface area is 137 Å². The Morgan fingerprint density at radius 1 is 1.42 bits per heavy atom. The molecule has 1 amide bonds. The lowest BCUT2D eigenvalue weighted by atomic mass is 10.3. The van der Waals surface area contributed by atoms with Gasteiger partial charge in [-0.2, -0.15) is 9.78 Å². The minimum Gasteiger partial charge on any atom is -0.463 e. The van der Waals surface area contributed by atoms with Crippen LogP contribution in [0.2, 0.25) is 0 Å². The molecule has 0 saturated heterocycles. The first-order chi connectivity index (χ1) is 11.6. The van der Waals surface area contributed by atoms with Crippen LogP contribution in [-0.4, -0.2) is 25.7 Å². The Balaban J connectivity index is 2.08. The van der Waals surface area contributed by atoms with Crippen LogP contribution in [0.4, 0.5) is 5.82 Å². The average Bonchev–Trinajstić information content (AvgIpc) is 3.15. The van der Waals surface area contributed by atoms with Crippen LogP contribution in [0, 0.1) is 6.92 Å². The molecule has 0 aliphatic rings. The van der Waals surface area contributed by atoms with Crippen molar-refractivity contribution >= 4 is 11.7 Å². The second-order valence-electron chi connectivity index (χ2n) is 5.31. The standard InChI is InChI=1S/C16H17N5O3/c1-3-5-14(22)18-13-9-11(12-6-4-7-24-12)20-21(13)16-17-10(2)8-15(23)19-16/h4,6-9H,3,5H2,1-2H3,(H,18,22)(H,17,19,23). The number of nitrogens with one attached hydrogen (secondary N) is 2. The van der Waals surface area contributed by atoms with Crippen molar-refractivity contribution in [3.8, 4) is 17.4 Å². The first kappa shape index (κ1) is 15.7. The number of amides is 1. The number of rotatable bonds is 5. The number of carbonyl (C=O) groups excluding carboxylic acids is 1. The highest BCUT2D eigenvalue weighted by atomic mass is 16.3. The third kappa shape index (κ3) is 3.27. The van der Waals surface area contributed by atoms with Crippen LogP contribution in [-0.2, 0) is 4.79 Å². The summed E-state index contributed by atoms with van der Waals surface area (Å²) in [6, 6.07) is 6.57. The van der Waals surface area contributed by atoms with Crippen molar-refractivity contribution in [1.82, 2.24) is 19.7 Å². The summed E-state index contributed by atoms with van der Waals surface area (Å²) in [6.07, 6.45) is 2.65. The molecule has 3 aromatic rings. The number of furan rings is 1. The van der Waals surface area contributed by atoms with E-state index < -0.39 is 0 Å². The molecule has 24 heavy (non-hydrogen) atoms. The number of H-pyrrole nitrogens is 1. The summed E-state index contributed by atoms with van der Waals surface area (Å²) in [7, 11) is 0. The Morgan fingerprint density at radius 3 is 2.92 bits per heavy atom. The Kier molecular flexibility index (Phi) is 4.28. The molecule has 0 radical (unpaired) electrons. The molecule has 3 rings (SSSR count). The van der Waals surface area contributed by atoms with Crippen LogP contribution in [0.3, 0.4) is 0 Å². The van der Waals surface area contributed by atoms with Gasteiger partial charge in [0.25, 0.3) is 5.56 Å². The SMILES string of the molecule is CCCC(=O)Nc1cc(-c2ccco2)nn1-c1nc(C)cc(=O)[nH]1. The molecular formula is C16H17N5O3. The van der Waals surface area contributed by atoms with E-state index in [0.29, 0.717) is 29.4 Å². The van der Waals surface area contributed by atoms with Crippen molar-refractivity contribution in [1.29, 1.82) is 0 Å². The van der Waals surface area contributed by atoms with Gasteiger partial charge in [0.2, 0.25) is 11.9 Å². The zero-order chi connectivity index (χ0) is 17.1. The van der Waals surface area contributed by atoms with E-state index in [0.717, 1.165) is 6.42 Å². The maximum atomic E-state index is 12.0. The molecule has 3 heterocycles. The van der Waals surface area contributed by atoms with E-state index in [1.807, 2.05) is 6.92 Å². The summed E-state index contributed by atoms with van der Waals surface area (Å²) in [5.41, 5.74) is 0.781.